The van der Waals surface area contributed by atoms with Gasteiger partial charge in [-0.2, -0.15) is 5.01 Å². The number of hydrazine groups is 1. The van der Waals surface area contributed by atoms with E-state index < -0.39 is 12.0 Å². The minimum Gasteiger partial charge on any atom is -0.463 e. The van der Waals surface area contributed by atoms with Crippen LogP contribution in [0.2, 0.25) is 0 Å². The summed E-state index contributed by atoms with van der Waals surface area (Å²) in [4.78, 5) is 25.9. The lowest BCUT2D eigenvalue weighted by Gasteiger charge is -2.29. The Morgan fingerprint density at radius 1 is 1.03 bits per heavy atom. The minimum absolute atomic E-state index is 0.157. The van der Waals surface area contributed by atoms with Gasteiger partial charge >= 0.3 is 6.09 Å². The molecule has 3 aromatic rings. The fraction of sp³-hybridized carbons (Fsp3) is 0.217. The Morgan fingerprint density at radius 3 is 2.47 bits per heavy atom. The summed E-state index contributed by atoms with van der Waals surface area (Å²) >= 11 is 1.64. The lowest BCUT2D eigenvalue weighted by Crippen LogP contribution is -2.46. The largest absolute Gasteiger partial charge is 0.463 e. The maximum atomic E-state index is 12.6. The lowest BCUT2D eigenvalue weighted by molar-refractivity contribution is 0.0852. The molecule has 2 aromatic carbocycles. The molecule has 0 spiro atoms. The highest BCUT2D eigenvalue weighted by Gasteiger charge is 2.26. The summed E-state index contributed by atoms with van der Waals surface area (Å²) in [6.45, 7) is 1.27. The summed E-state index contributed by atoms with van der Waals surface area (Å²) in [5, 5.41) is 12.8. The highest BCUT2D eigenvalue weighted by atomic mass is 32.1. The molecule has 154 valence electrons. The number of hydrogen-bond acceptors (Lipinski definition) is 4. The lowest BCUT2D eigenvalue weighted by atomic mass is 9.89. The van der Waals surface area contributed by atoms with Gasteiger partial charge in [-0.3, -0.25) is 10.2 Å². The van der Waals surface area contributed by atoms with E-state index in [9.17, 15) is 14.7 Å². The number of benzene rings is 2. The van der Waals surface area contributed by atoms with Gasteiger partial charge in [0.2, 0.25) is 0 Å². The van der Waals surface area contributed by atoms with Gasteiger partial charge in [-0.05, 0) is 65.6 Å². The molecule has 1 aliphatic heterocycles. The van der Waals surface area contributed by atoms with Gasteiger partial charge in [-0.25, -0.2) is 4.79 Å². The first-order chi connectivity index (χ1) is 14.6. The molecular weight excluding hydrogens is 400 g/mol. The summed E-state index contributed by atoms with van der Waals surface area (Å²) in [5.74, 6) is -0.317. The summed E-state index contributed by atoms with van der Waals surface area (Å²) in [6, 6.07) is 18.3. The average Bonchev–Trinajstić information content (AvgIpc) is 3.33. The van der Waals surface area contributed by atoms with E-state index in [0.717, 1.165) is 33.9 Å². The number of carboxylic acid groups (broad SMARTS) is 1. The van der Waals surface area contributed by atoms with E-state index in [0.29, 0.717) is 24.5 Å². The van der Waals surface area contributed by atoms with Crippen LogP contribution in [0.1, 0.15) is 34.7 Å². The van der Waals surface area contributed by atoms with Crippen molar-refractivity contribution < 1.29 is 19.4 Å². The first-order valence-corrected chi connectivity index (χ1v) is 10.7. The van der Waals surface area contributed by atoms with Crippen LogP contribution in [0.5, 0.6) is 0 Å². The Balaban J connectivity index is 1.72. The standard InChI is InChI=1S/C23H22N2O4S/c26-22(17-5-2-1-3-6-17)24-25(23(27)28)20-9-8-18(21-7-4-14-30-21)15-19(20)16-10-12-29-13-11-16/h1-9,14-16H,10-13H2,(H,24,26)(H,27,28). The molecule has 2 heterocycles. The topological polar surface area (TPSA) is 78.9 Å². The summed E-state index contributed by atoms with van der Waals surface area (Å²) in [7, 11) is 0. The molecule has 0 radical (unpaired) electrons. The van der Waals surface area contributed by atoms with Gasteiger partial charge in [0.15, 0.2) is 0 Å². The van der Waals surface area contributed by atoms with Gasteiger partial charge in [-0.1, -0.05) is 30.3 Å². The first kappa shape index (κ1) is 20.1. The second-order valence-electron chi connectivity index (χ2n) is 7.06. The minimum atomic E-state index is -1.24. The van der Waals surface area contributed by atoms with E-state index in [4.69, 9.17) is 4.74 Å². The summed E-state index contributed by atoms with van der Waals surface area (Å²) in [6.07, 6.45) is 0.374. The number of amides is 2. The van der Waals surface area contributed by atoms with Crippen molar-refractivity contribution in [1.82, 2.24) is 5.43 Å². The second-order valence-corrected chi connectivity index (χ2v) is 8.01. The van der Waals surface area contributed by atoms with E-state index >= 15 is 0 Å². The molecular formula is C23H22N2O4S. The zero-order valence-electron chi connectivity index (χ0n) is 16.3. The number of rotatable bonds is 4. The molecule has 0 unspecified atom stereocenters. The molecule has 0 bridgehead atoms. The van der Waals surface area contributed by atoms with Crippen LogP contribution < -0.4 is 10.4 Å². The van der Waals surface area contributed by atoms with Crippen LogP contribution in [-0.4, -0.2) is 30.3 Å². The normalized spacial score (nSPS) is 14.3. The van der Waals surface area contributed by atoms with Crippen LogP contribution in [-0.2, 0) is 4.74 Å². The van der Waals surface area contributed by atoms with Crippen molar-refractivity contribution in [2.75, 3.05) is 18.2 Å². The number of nitrogens with one attached hydrogen (secondary N) is 1. The van der Waals surface area contributed by atoms with Crippen molar-refractivity contribution in [3.63, 3.8) is 0 Å². The van der Waals surface area contributed by atoms with Gasteiger partial charge in [0.25, 0.3) is 5.91 Å². The number of anilines is 1. The number of nitrogens with zero attached hydrogens (tertiary/aromatic N) is 1. The van der Waals surface area contributed by atoms with E-state index in [1.54, 1.807) is 47.7 Å². The van der Waals surface area contributed by atoms with Crippen LogP contribution in [0.25, 0.3) is 10.4 Å². The van der Waals surface area contributed by atoms with Crippen LogP contribution in [0, 0.1) is 0 Å². The predicted molar refractivity (Wildman–Crippen MR) is 117 cm³/mol. The van der Waals surface area contributed by atoms with Crippen LogP contribution in [0.4, 0.5) is 10.5 Å². The van der Waals surface area contributed by atoms with Crippen LogP contribution >= 0.6 is 11.3 Å². The van der Waals surface area contributed by atoms with Crippen molar-refractivity contribution in [2.45, 2.75) is 18.8 Å². The molecule has 7 heteroatoms. The monoisotopic (exact) mass is 422 g/mol. The molecule has 2 amide bonds. The first-order valence-electron chi connectivity index (χ1n) is 9.78. The van der Waals surface area contributed by atoms with Crippen molar-refractivity contribution in [3.05, 3.63) is 77.2 Å². The maximum absolute atomic E-state index is 12.6. The predicted octanol–water partition coefficient (Wildman–Crippen LogP) is 5.14. The molecule has 4 rings (SSSR count). The zero-order valence-corrected chi connectivity index (χ0v) is 17.1. The van der Waals surface area contributed by atoms with Gasteiger partial charge < -0.3 is 9.84 Å². The number of carbonyl (C=O) groups is 2. The van der Waals surface area contributed by atoms with Crippen molar-refractivity contribution >= 4 is 29.0 Å². The van der Waals surface area contributed by atoms with E-state index in [2.05, 4.69) is 5.43 Å². The summed E-state index contributed by atoms with van der Waals surface area (Å²) < 4.78 is 5.50. The third kappa shape index (κ3) is 4.37. The van der Waals surface area contributed by atoms with E-state index in [-0.39, 0.29) is 5.92 Å². The number of carbonyl (C=O) groups excluding carboxylic acids is 1. The van der Waals surface area contributed by atoms with Gasteiger partial charge in [0, 0.05) is 23.7 Å². The molecule has 6 nitrogen and oxygen atoms in total. The molecule has 1 aromatic heterocycles. The Kier molecular flexibility index (Phi) is 6.11. The third-order valence-electron chi connectivity index (χ3n) is 5.18. The molecule has 0 aliphatic carbocycles. The van der Waals surface area contributed by atoms with Gasteiger partial charge in [0.1, 0.15) is 0 Å². The molecule has 0 atom stereocenters. The maximum Gasteiger partial charge on any atom is 0.431 e. The smallest absolute Gasteiger partial charge is 0.431 e. The van der Waals surface area contributed by atoms with Crippen LogP contribution in [0.3, 0.4) is 0 Å². The fourth-order valence-corrected chi connectivity index (χ4v) is 4.38. The van der Waals surface area contributed by atoms with Gasteiger partial charge in [-0.15, -0.1) is 11.3 Å². The molecule has 1 saturated heterocycles. The Bertz CT molecular complexity index is 1010. The van der Waals surface area contributed by atoms with Crippen molar-refractivity contribution in [2.24, 2.45) is 0 Å². The SMILES string of the molecule is O=C(NN(C(=O)O)c1ccc(-c2cccs2)cc1C1CCOCC1)c1ccccc1. The third-order valence-corrected chi connectivity index (χ3v) is 6.09. The van der Waals surface area contributed by atoms with Crippen molar-refractivity contribution in [1.29, 1.82) is 0 Å². The quantitative estimate of drug-likeness (QED) is 0.571. The molecule has 1 aliphatic rings. The number of ether oxygens (including phenoxy) is 1. The van der Waals surface area contributed by atoms with Gasteiger partial charge in [0.05, 0.1) is 5.69 Å². The average molecular weight is 423 g/mol. The highest BCUT2D eigenvalue weighted by molar-refractivity contribution is 7.13. The molecule has 2 N–H and O–H groups in total. The highest BCUT2D eigenvalue weighted by Crippen LogP contribution is 2.37. The second kappa shape index (κ2) is 9.11. The fourth-order valence-electron chi connectivity index (χ4n) is 3.66. The van der Waals surface area contributed by atoms with Crippen molar-refractivity contribution in [3.8, 4) is 10.4 Å². The Labute approximate surface area is 178 Å². The molecule has 30 heavy (non-hydrogen) atoms. The zero-order chi connectivity index (χ0) is 20.9. The Morgan fingerprint density at radius 2 is 1.80 bits per heavy atom. The summed E-state index contributed by atoms with van der Waals surface area (Å²) in [5.41, 5.74) is 5.35. The van der Waals surface area contributed by atoms with E-state index in [1.807, 2.05) is 29.6 Å². The van der Waals surface area contributed by atoms with E-state index in [1.165, 1.54) is 0 Å². The van der Waals surface area contributed by atoms with Crippen LogP contribution in [0.15, 0.2) is 66.0 Å². The Hall–Kier alpha value is -3.16. The molecule has 0 saturated carbocycles. The molecule has 1 fully saturated rings. The number of hydrogen-bond donors (Lipinski definition) is 2. The number of thiophene rings is 1.